The van der Waals surface area contributed by atoms with Gasteiger partial charge in [-0.05, 0) is 31.5 Å². The van der Waals surface area contributed by atoms with Crippen LogP contribution in [0.15, 0.2) is 46.8 Å². The van der Waals surface area contributed by atoms with Crippen LogP contribution in [-0.2, 0) is 23.8 Å². The Hall–Kier alpha value is -3.80. The Kier molecular flexibility index (Phi) is 10.3. The van der Waals surface area contributed by atoms with E-state index in [0.717, 1.165) is 6.08 Å². The first kappa shape index (κ1) is 25.2. The molecule has 166 valence electrons. The number of ether oxygens (including phenoxy) is 4. The highest BCUT2D eigenvalue weighted by Crippen LogP contribution is 2.26. The zero-order valence-electron chi connectivity index (χ0n) is 18.6. The van der Waals surface area contributed by atoms with Gasteiger partial charge >= 0.3 is 11.9 Å². The van der Waals surface area contributed by atoms with E-state index in [0.29, 0.717) is 30.0 Å². The molecule has 0 bridgehead atoms. The molecule has 1 aromatic rings. The number of benzene rings is 1. The van der Waals surface area contributed by atoms with Gasteiger partial charge in [-0.15, -0.1) is 0 Å². The molecule has 1 aromatic carbocycles. The largest absolute Gasteiger partial charge is 0.497 e. The molecule has 0 aliphatic heterocycles. The first-order valence-electron chi connectivity index (χ1n) is 9.45. The second-order valence-electron chi connectivity index (χ2n) is 5.90. The third kappa shape index (κ3) is 6.60. The minimum absolute atomic E-state index is 0.0156. The Morgan fingerprint density at radius 2 is 1.65 bits per heavy atom. The van der Waals surface area contributed by atoms with E-state index in [4.69, 9.17) is 14.2 Å². The molecule has 0 radical (unpaired) electrons. The second-order valence-corrected chi connectivity index (χ2v) is 5.90. The summed E-state index contributed by atoms with van der Waals surface area (Å²) in [4.78, 5) is 30.3. The van der Waals surface area contributed by atoms with E-state index in [1.807, 2.05) is 24.8 Å². The van der Waals surface area contributed by atoms with Gasteiger partial charge in [-0.2, -0.15) is 5.26 Å². The standard InChI is InChI=1S/C22H27N3O6/c1-7-25(8-2)21(24-17(22(27)31-6)13-19(26)30-5)20(18(14-23)29-4)15-9-11-16(28-3)12-10-15/h9-13H,7-8H2,1-6H3/b17-13-,20-18-,24-21+. The van der Waals surface area contributed by atoms with Gasteiger partial charge in [0, 0.05) is 13.1 Å². The maximum atomic E-state index is 12.3. The Morgan fingerprint density at radius 1 is 1.03 bits per heavy atom. The summed E-state index contributed by atoms with van der Waals surface area (Å²) in [6.45, 7) is 4.80. The third-order valence-corrected chi connectivity index (χ3v) is 4.27. The van der Waals surface area contributed by atoms with Crippen LogP contribution in [0, 0.1) is 11.3 Å². The summed E-state index contributed by atoms with van der Waals surface area (Å²) < 4.78 is 19.9. The van der Waals surface area contributed by atoms with Crippen molar-refractivity contribution in [3.05, 3.63) is 47.4 Å². The van der Waals surface area contributed by atoms with Crippen LogP contribution in [0.1, 0.15) is 19.4 Å². The molecule has 1 rings (SSSR count). The number of carbonyl (C=O) groups excluding carboxylic acids is 2. The van der Waals surface area contributed by atoms with Crippen molar-refractivity contribution in [1.82, 2.24) is 4.90 Å². The molecule has 0 amide bonds. The molecule has 9 heteroatoms. The summed E-state index contributed by atoms with van der Waals surface area (Å²) in [5.74, 6) is -0.737. The van der Waals surface area contributed by atoms with Gasteiger partial charge in [0.05, 0.1) is 40.1 Å². The first-order valence-corrected chi connectivity index (χ1v) is 9.45. The Morgan fingerprint density at radius 3 is 2.06 bits per heavy atom. The molecule has 0 spiro atoms. The minimum Gasteiger partial charge on any atom is -0.497 e. The quantitative estimate of drug-likeness (QED) is 0.147. The maximum absolute atomic E-state index is 12.3. The number of likely N-dealkylation sites (N-methyl/N-ethyl adjacent to an activating group) is 1. The number of aliphatic imine (C=N–C) groups is 1. The highest BCUT2D eigenvalue weighted by atomic mass is 16.5. The Bertz CT molecular complexity index is 906. The van der Waals surface area contributed by atoms with Crippen LogP contribution in [0.25, 0.3) is 5.57 Å². The number of allylic oxidation sites excluding steroid dienone is 1. The number of rotatable bonds is 9. The Labute approximate surface area is 182 Å². The summed E-state index contributed by atoms with van der Waals surface area (Å²) >= 11 is 0. The van der Waals surface area contributed by atoms with E-state index < -0.39 is 11.9 Å². The van der Waals surface area contributed by atoms with Crippen molar-refractivity contribution in [3.63, 3.8) is 0 Å². The zero-order valence-corrected chi connectivity index (χ0v) is 18.6. The number of esters is 2. The molecule has 0 heterocycles. The van der Waals surface area contributed by atoms with Crippen molar-refractivity contribution in [2.24, 2.45) is 4.99 Å². The van der Waals surface area contributed by atoms with Gasteiger partial charge in [0.15, 0.2) is 5.70 Å². The van der Waals surface area contributed by atoms with Gasteiger partial charge in [0.25, 0.3) is 0 Å². The lowest BCUT2D eigenvalue weighted by Gasteiger charge is -2.26. The lowest BCUT2D eigenvalue weighted by atomic mass is 10.0. The van der Waals surface area contributed by atoms with Gasteiger partial charge in [0.1, 0.15) is 17.7 Å². The fourth-order valence-corrected chi connectivity index (χ4v) is 2.66. The van der Waals surface area contributed by atoms with Crippen LogP contribution in [0.5, 0.6) is 5.75 Å². The van der Waals surface area contributed by atoms with Crippen molar-refractivity contribution in [2.75, 3.05) is 41.5 Å². The number of methoxy groups -OCH3 is 4. The van der Waals surface area contributed by atoms with E-state index in [-0.39, 0.29) is 17.3 Å². The van der Waals surface area contributed by atoms with Gasteiger partial charge in [-0.1, -0.05) is 12.1 Å². The summed E-state index contributed by atoms with van der Waals surface area (Å²) in [6.07, 6.45) is 0.930. The molecule has 9 nitrogen and oxygen atoms in total. The smallest absolute Gasteiger partial charge is 0.357 e. The molecule has 0 aromatic heterocycles. The van der Waals surface area contributed by atoms with Crippen molar-refractivity contribution < 1.29 is 28.5 Å². The first-order chi connectivity index (χ1) is 14.9. The van der Waals surface area contributed by atoms with Gasteiger partial charge < -0.3 is 23.8 Å². The predicted octanol–water partition coefficient (Wildman–Crippen LogP) is 2.55. The molecule has 0 aliphatic carbocycles. The average Bonchev–Trinajstić information content (AvgIpc) is 2.81. The zero-order chi connectivity index (χ0) is 23.4. The molecule has 0 unspecified atom stereocenters. The van der Waals surface area contributed by atoms with Crippen LogP contribution in [0.3, 0.4) is 0 Å². The highest BCUT2D eigenvalue weighted by Gasteiger charge is 2.24. The molecule has 31 heavy (non-hydrogen) atoms. The lowest BCUT2D eigenvalue weighted by molar-refractivity contribution is -0.138. The number of nitrogens with zero attached hydrogens (tertiary/aromatic N) is 3. The SMILES string of the molecule is CCN(CC)C(=N/C(=C\C(=O)OC)C(=O)OC)/C(=C(/C#N)OC)c1ccc(OC)cc1. The van der Waals surface area contributed by atoms with Crippen LogP contribution in [0.4, 0.5) is 0 Å². The summed E-state index contributed by atoms with van der Waals surface area (Å²) in [5.41, 5.74) is 0.666. The van der Waals surface area contributed by atoms with Gasteiger partial charge in [0.2, 0.25) is 5.76 Å². The molecular weight excluding hydrogens is 402 g/mol. The fraction of sp³-hybridized carbons (Fsp3) is 0.364. The van der Waals surface area contributed by atoms with Crippen LogP contribution < -0.4 is 4.74 Å². The second kappa shape index (κ2) is 12.7. The molecule has 0 fully saturated rings. The summed E-state index contributed by atoms with van der Waals surface area (Å²) in [7, 11) is 5.28. The van der Waals surface area contributed by atoms with E-state index >= 15 is 0 Å². The van der Waals surface area contributed by atoms with Crippen LogP contribution in [0.2, 0.25) is 0 Å². The van der Waals surface area contributed by atoms with Gasteiger partial charge in [-0.3, -0.25) is 0 Å². The van der Waals surface area contributed by atoms with Crippen molar-refractivity contribution in [3.8, 4) is 11.8 Å². The van der Waals surface area contributed by atoms with Crippen molar-refractivity contribution in [1.29, 1.82) is 5.26 Å². The molecule has 0 saturated carbocycles. The maximum Gasteiger partial charge on any atom is 0.357 e. The van der Waals surface area contributed by atoms with Crippen LogP contribution >= 0.6 is 0 Å². The average molecular weight is 429 g/mol. The number of hydrogen-bond donors (Lipinski definition) is 0. The third-order valence-electron chi connectivity index (χ3n) is 4.27. The number of amidine groups is 1. The lowest BCUT2D eigenvalue weighted by Crippen LogP contribution is -2.33. The number of hydrogen-bond acceptors (Lipinski definition) is 8. The summed E-state index contributed by atoms with van der Waals surface area (Å²) in [6, 6.07) is 8.96. The monoisotopic (exact) mass is 429 g/mol. The van der Waals surface area contributed by atoms with Crippen molar-refractivity contribution in [2.45, 2.75) is 13.8 Å². The number of nitriles is 1. The van der Waals surface area contributed by atoms with E-state index in [2.05, 4.69) is 9.73 Å². The molecular formula is C22H27N3O6. The van der Waals surface area contributed by atoms with E-state index in [1.54, 1.807) is 31.4 Å². The Balaban J connectivity index is 3.92. The number of carbonyl (C=O) groups is 2. The van der Waals surface area contributed by atoms with Crippen molar-refractivity contribution >= 4 is 23.3 Å². The minimum atomic E-state index is -0.833. The fourth-order valence-electron chi connectivity index (χ4n) is 2.66. The molecule has 0 saturated heterocycles. The topological polar surface area (TPSA) is 110 Å². The molecule has 0 N–H and O–H groups in total. The summed E-state index contributed by atoms with van der Waals surface area (Å²) in [5, 5.41) is 9.70. The predicted molar refractivity (Wildman–Crippen MR) is 115 cm³/mol. The van der Waals surface area contributed by atoms with Crippen LogP contribution in [-0.4, -0.2) is 64.2 Å². The normalized spacial score (nSPS) is 12.3. The van der Waals surface area contributed by atoms with E-state index in [9.17, 15) is 14.9 Å². The van der Waals surface area contributed by atoms with Gasteiger partial charge in [-0.25, -0.2) is 14.6 Å². The highest BCUT2D eigenvalue weighted by molar-refractivity contribution is 6.24. The molecule has 0 atom stereocenters. The molecule has 0 aliphatic rings. The van der Waals surface area contributed by atoms with E-state index in [1.165, 1.54) is 21.3 Å².